The van der Waals surface area contributed by atoms with Gasteiger partial charge >= 0.3 is 0 Å². The summed E-state index contributed by atoms with van der Waals surface area (Å²) in [6.07, 6.45) is 1.68. The number of hydrogen-bond acceptors (Lipinski definition) is 3. The highest BCUT2D eigenvalue weighted by molar-refractivity contribution is 6.37. The van der Waals surface area contributed by atoms with Crippen LogP contribution in [0.1, 0.15) is 12.7 Å². The zero-order chi connectivity index (χ0) is 15.4. The van der Waals surface area contributed by atoms with Crippen LogP contribution >= 0.6 is 11.6 Å². The zero-order valence-corrected chi connectivity index (χ0v) is 13.1. The van der Waals surface area contributed by atoms with Crippen LogP contribution in [0.15, 0.2) is 59.2 Å². The van der Waals surface area contributed by atoms with Crippen molar-refractivity contribution in [2.45, 2.75) is 19.6 Å². The van der Waals surface area contributed by atoms with E-state index in [-0.39, 0.29) is 6.10 Å². The fraction of sp³-hybridized carbons (Fsp3) is 0.222. The third-order valence-electron chi connectivity index (χ3n) is 3.47. The van der Waals surface area contributed by atoms with Gasteiger partial charge in [-0.05, 0) is 30.5 Å². The minimum atomic E-state index is 0.00799. The van der Waals surface area contributed by atoms with Gasteiger partial charge in [0.25, 0.3) is 0 Å². The second kappa shape index (κ2) is 6.86. The van der Waals surface area contributed by atoms with Crippen molar-refractivity contribution in [2.24, 2.45) is 0 Å². The van der Waals surface area contributed by atoms with Crippen LogP contribution in [0.25, 0.3) is 10.8 Å². The fourth-order valence-corrected chi connectivity index (χ4v) is 2.65. The normalized spacial score (nSPS) is 12.5. The molecule has 0 aliphatic carbocycles. The van der Waals surface area contributed by atoms with Gasteiger partial charge in [-0.15, -0.1) is 0 Å². The molecule has 0 saturated carbocycles. The molecule has 3 aromatic rings. The molecule has 4 heteroatoms. The average molecular weight is 316 g/mol. The van der Waals surface area contributed by atoms with Crippen molar-refractivity contribution in [3.63, 3.8) is 0 Å². The minimum absolute atomic E-state index is 0.00799. The molecule has 0 bridgehead atoms. The van der Waals surface area contributed by atoms with Gasteiger partial charge in [0.1, 0.15) is 17.6 Å². The van der Waals surface area contributed by atoms with Gasteiger partial charge in [-0.3, -0.25) is 0 Å². The predicted molar refractivity (Wildman–Crippen MR) is 89.5 cm³/mol. The molecule has 0 amide bonds. The van der Waals surface area contributed by atoms with Gasteiger partial charge in [-0.2, -0.15) is 0 Å². The topological polar surface area (TPSA) is 34.4 Å². The number of halogens is 1. The van der Waals surface area contributed by atoms with Crippen molar-refractivity contribution >= 4 is 22.4 Å². The van der Waals surface area contributed by atoms with Crippen LogP contribution in [0.2, 0.25) is 5.02 Å². The number of ether oxygens (including phenoxy) is 1. The molecule has 1 heterocycles. The molecule has 114 valence electrons. The SMILES string of the molecule is CC(CNCc1ccco1)Oc1ccc2ccccc2c1Cl. The fourth-order valence-electron chi connectivity index (χ4n) is 2.37. The van der Waals surface area contributed by atoms with Gasteiger partial charge in [-0.25, -0.2) is 0 Å². The summed E-state index contributed by atoms with van der Waals surface area (Å²) in [4.78, 5) is 0. The minimum Gasteiger partial charge on any atom is -0.488 e. The van der Waals surface area contributed by atoms with Gasteiger partial charge in [-0.1, -0.05) is 41.9 Å². The summed E-state index contributed by atoms with van der Waals surface area (Å²) >= 11 is 6.44. The van der Waals surface area contributed by atoms with Crippen LogP contribution in [0, 0.1) is 0 Å². The molecule has 0 aliphatic rings. The lowest BCUT2D eigenvalue weighted by Gasteiger charge is -2.17. The summed E-state index contributed by atoms with van der Waals surface area (Å²) in [5, 5.41) is 6.09. The van der Waals surface area contributed by atoms with Gasteiger partial charge in [0, 0.05) is 11.9 Å². The number of benzene rings is 2. The number of rotatable bonds is 6. The largest absolute Gasteiger partial charge is 0.488 e. The van der Waals surface area contributed by atoms with E-state index in [9.17, 15) is 0 Å². The highest BCUT2D eigenvalue weighted by Gasteiger charge is 2.10. The summed E-state index contributed by atoms with van der Waals surface area (Å²) in [5.74, 6) is 1.63. The number of fused-ring (bicyclic) bond motifs is 1. The second-order valence-electron chi connectivity index (χ2n) is 5.24. The molecule has 1 atom stereocenters. The molecule has 0 saturated heterocycles. The van der Waals surface area contributed by atoms with E-state index >= 15 is 0 Å². The third-order valence-corrected chi connectivity index (χ3v) is 3.86. The van der Waals surface area contributed by atoms with E-state index in [1.165, 1.54) is 0 Å². The average Bonchev–Trinajstić information content (AvgIpc) is 3.04. The molecule has 1 unspecified atom stereocenters. The first-order chi connectivity index (χ1) is 10.7. The first-order valence-electron chi connectivity index (χ1n) is 7.31. The number of hydrogen-bond donors (Lipinski definition) is 1. The Morgan fingerprint density at radius 1 is 1.14 bits per heavy atom. The molecular formula is C18H18ClNO2. The standard InChI is InChI=1S/C18H18ClNO2/c1-13(11-20-12-15-6-4-10-21-15)22-17-9-8-14-5-2-3-7-16(14)18(17)19/h2-10,13,20H,11-12H2,1H3. The summed E-state index contributed by atoms with van der Waals surface area (Å²) in [7, 11) is 0. The van der Waals surface area contributed by atoms with Crippen molar-refractivity contribution < 1.29 is 9.15 Å². The number of furan rings is 1. The Kier molecular flexibility index (Phi) is 4.66. The summed E-state index contributed by atoms with van der Waals surface area (Å²) in [6.45, 7) is 3.41. The molecule has 0 fully saturated rings. The molecule has 0 radical (unpaired) electrons. The van der Waals surface area contributed by atoms with Crippen molar-refractivity contribution in [3.8, 4) is 5.75 Å². The van der Waals surface area contributed by atoms with Gasteiger partial charge in [0.05, 0.1) is 17.8 Å². The molecule has 3 rings (SSSR count). The monoisotopic (exact) mass is 315 g/mol. The van der Waals surface area contributed by atoms with E-state index < -0.39 is 0 Å². The van der Waals surface area contributed by atoms with Crippen LogP contribution < -0.4 is 10.1 Å². The molecule has 1 N–H and O–H groups in total. The third kappa shape index (κ3) is 3.43. The Hall–Kier alpha value is -1.97. The van der Waals surface area contributed by atoms with Crippen molar-refractivity contribution in [2.75, 3.05) is 6.54 Å². The van der Waals surface area contributed by atoms with Crippen LogP contribution in [0.3, 0.4) is 0 Å². The smallest absolute Gasteiger partial charge is 0.139 e. The Labute approximate surface area is 134 Å². The molecule has 2 aromatic carbocycles. The summed E-state index contributed by atoms with van der Waals surface area (Å²) in [5.41, 5.74) is 0. The lowest BCUT2D eigenvalue weighted by atomic mass is 10.1. The van der Waals surface area contributed by atoms with E-state index in [2.05, 4.69) is 5.32 Å². The Morgan fingerprint density at radius 2 is 2.00 bits per heavy atom. The Morgan fingerprint density at radius 3 is 2.82 bits per heavy atom. The van der Waals surface area contributed by atoms with Gasteiger partial charge in [0.2, 0.25) is 0 Å². The highest BCUT2D eigenvalue weighted by Crippen LogP contribution is 2.33. The first-order valence-corrected chi connectivity index (χ1v) is 7.69. The molecule has 22 heavy (non-hydrogen) atoms. The molecular weight excluding hydrogens is 298 g/mol. The quantitative estimate of drug-likeness (QED) is 0.719. The number of nitrogens with one attached hydrogen (secondary N) is 1. The second-order valence-corrected chi connectivity index (χ2v) is 5.62. The van der Waals surface area contributed by atoms with Gasteiger partial charge in [0.15, 0.2) is 0 Å². The lowest BCUT2D eigenvalue weighted by molar-refractivity contribution is 0.216. The van der Waals surface area contributed by atoms with E-state index in [4.69, 9.17) is 20.8 Å². The zero-order valence-electron chi connectivity index (χ0n) is 12.4. The lowest BCUT2D eigenvalue weighted by Crippen LogP contribution is -2.28. The van der Waals surface area contributed by atoms with Crippen LogP contribution in [-0.2, 0) is 6.54 Å². The maximum absolute atomic E-state index is 6.44. The van der Waals surface area contributed by atoms with E-state index in [1.807, 2.05) is 55.5 Å². The summed E-state index contributed by atoms with van der Waals surface area (Å²) < 4.78 is 11.2. The van der Waals surface area contributed by atoms with Crippen molar-refractivity contribution in [3.05, 3.63) is 65.6 Å². The van der Waals surface area contributed by atoms with Crippen molar-refractivity contribution in [1.82, 2.24) is 5.32 Å². The van der Waals surface area contributed by atoms with E-state index in [0.717, 1.165) is 16.5 Å². The van der Waals surface area contributed by atoms with Crippen molar-refractivity contribution in [1.29, 1.82) is 0 Å². The van der Waals surface area contributed by atoms with Crippen LogP contribution in [-0.4, -0.2) is 12.6 Å². The maximum atomic E-state index is 6.44. The maximum Gasteiger partial charge on any atom is 0.139 e. The Balaban J connectivity index is 1.61. The van der Waals surface area contributed by atoms with E-state index in [0.29, 0.717) is 23.9 Å². The molecule has 1 aromatic heterocycles. The molecule has 0 spiro atoms. The van der Waals surface area contributed by atoms with E-state index in [1.54, 1.807) is 6.26 Å². The first kappa shape index (κ1) is 14.9. The summed E-state index contributed by atoms with van der Waals surface area (Å²) in [6, 6.07) is 15.8. The Bertz CT molecular complexity index is 740. The highest BCUT2D eigenvalue weighted by atomic mass is 35.5. The van der Waals surface area contributed by atoms with Gasteiger partial charge < -0.3 is 14.5 Å². The molecule has 3 nitrogen and oxygen atoms in total. The van der Waals surface area contributed by atoms with Crippen LogP contribution in [0.4, 0.5) is 0 Å². The van der Waals surface area contributed by atoms with Crippen LogP contribution in [0.5, 0.6) is 5.75 Å². The molecule has 0 aliphatic heterocycles. The predicted octanol–water partition coefficient (Wildman–Crippen LogP) is 4.64.